The van der Waals surface area contributed by atoms with Crippen LogP contribution in [0.25, 0.3) is 5.69 Å². The van der Waals surface area contributed by atoms with Crippen LogP contribution in [-0.2, 0) is 16.8 Å². The molecule has 0 fully saturated rings. The molecule has 24 heavy (non-hydrogen) atoms. The molecule has 2 rings (SSSR count). The molecule has 0 bridgehead atoms. The number of nitrogens with zero attached hydrogens (tertiary/aromatic N) is 4. The standard InChI is InChI=1S/C16H21N5O2S/c1-13-16(12-18-24(22,23)20(3)11-7-10-17)14(2)21(19-13)15-8-5-4-6-9-15/h4-6,8-9,18H,7,11-12H2,1-3H3. The fourth-order valence-corrected chi connectivity index (χ4v) is 3.23. The Balaban J connectivity index is 2.17. The monoisotopic (exact) mass is 347 g/mol. The third-order valence-electron chi connectivity index (χ3n) is 3.82. The van der Waals surface area contributed by atoms with E-state index in [9.17, 15) is 8.42 Å². The molecule has 2 aromatic rings. The van der Waals surface area contributed by atoms with Gasteiger partial charge < -0.3 is 0 Å². The second kappa shape index (κ2) is 7.57. The van der Waals surface area contributed by atoms with Gasteiger partial charge in [-0.1, -0.05) is 18.2 Å². The van der Waals surface area contributed by atoms with Crippen molar-refractivity contribution in [3.05, 3.63) is 47.3 Å². The molecule has 0 atom stereocenters. The number of nitrogens with one attached hydrogen (secondary N) is 1. The summed E-state index contributed by atoms with van der Waals surface area (Å²) in [6.45, 7) is 4.09. The average molecular weight is 347 g/mol. The molecule has 0 aliphatic heterocycles. The fourth-order valence-electron chi connectivity index (χ4n) is 2.35. The number of benzene rings is 1. The summed E-state index contributed by atoms with van der Waals surface area (Å²) < 4.78 is 29.9. The number of hydrogen-bond acceptors (Lipinski definition) is 4. The van der Waals surface area contributed by atoms with Crippen LogP contribution in [0.4, 0.5) is 0 Å². The summed E-state index contributed by atoms with van der Waals surface area (Å²) in [7, 11) is -2.17. The van der Waals surface area contributed by atoms with Gasteiger partial charge in [-0.2, -0.15) is 27.8 Å². The van der Waals surface area contributed by atoms with E-state index in [4.69, 9.17) is 5.26 Å². The maximum absolute atomic E-state index is 12.2. The zero-order valence-corrected chi connectivity index (χ0v) is 14.8. The Hall–Kier alpha value is -2.21. The van der Waals surface area contributed by atoms with Crippen LogP contribution in [0, 0.1) is 25.2 Å². The van der Waals surface area contributed by atoms with Crippen LogP contribution < -0.4 is 4.72 Å². The number of para-hydroxylation sites is 1. The quantitative estimate of drug-likeness (QED) is 0.825. The molecular weight excluding hydrogens is 326 g/mol. The minimum atomic E-state index is -3.62. The van der Waals surface area contributed by atoms with Gasteiger partial charge in [0, 0.05) is 37.8 Å². The van der Waals surface area contributed by atoms with E-state index in [2.05, 4.69) is 9.82 Å². The summed E-state index contributed by atoms with van der Waals surface area (Å²) in [5, 5.41) is 13.1. The van der Waals surface area contributed by atoms with Crippen LogP contribution in [0.5, 0.6) is 0 Å². The smallest absolute Gasteiger partial charge is 0.238 e. The van der Waals surface area contributed by atoms with Gasteiger partial charge in [-0.15, -0.1) is 0 Å². The summed E-state index contributed by atoms with van der Waals surface area (Å²) in [6, 6.07) is 11.6. The third-order valence-corrected chi connectivity index (χ3v) is 5.33. The highest BCUT2D eigenvalue weighted by Crippen LogP contribution is 2.18. The van der Waals surface area contributed by atoms with Gasteiger partial charge in [0.15, 0.2) is 0 Å². The first-order valence-corrected chi connectivity index (χ1v) is 8.99. The summed E-state index contributed by atoms with van der Waals surface area (Å²) in [5.41, 5.74) is 3.44. The van der Waals surface area contributed by atoms with Gasteiger partial charge in [-0.05, 0) is 26.0 Å². The van der Waals surface area contributed by atoms with Crippen molar-refractivity contribution in [1.82, 2.24) is 18.8 Å². The lowest BCUT2D eigenvalue weighted by atomic mass is 10.2. The molecule has 0 unspecified atom stereocenters. The molecule has 0 saturated carbocycles. The maximum atomic E-state index is 12.2. The Labute approximate surface area is 142 Å². The van der Waals surface area contributed by atoms with Crippen LogP contribution in [0.3, 0.4) is 0 Å². The second-order valence-corrected chi connectivity index (χ2v) is 7.31. The Morgan fingerprint density at radius 2 is 1.96 bits per heavy atom. The molecule has 128 valence electrons. The van der Waals surface area contributed by atoms with E-state index in [0.29, 0.717) is 0 Å². The number of rotatable bonds is 7. The molecule has 1 aromatic heterocycles. The van der Waals surface area contributed by atoms with Crippen LogP contribution in [0.15, 0.2) is 30.3 Å². The summed E-state index contributed by atoms with van der Waals surface area (Å²) in [5.74, 6) is 0. The molecule has 0 radical (unpaired) electrons. The van der Waals surface area contributed by atoms with Crippen LogP contribution in [0.1, 0.15) is 23.4 Å². The van der Waals surface area contributed by atoms with Crippen molar-refractivity contribution in [3.8, 4) is 11.8 Å². The highest BCUT2D eigenvalue weighted by atomic mass is 32.2. The van der Waals surface area contributed by atoms with E-state index < -0.39 is 10.2 Å². The normalized spacial score (nSPS) is 11.6. The van der Waals surface area contributed by atoms with Gasteiger partial charge in [-0.25, -0.2) is 4.68 Å². The highest BCUT2D eigenvalue weighted by molar-refractivity contribution is 7.87. The molecule has 0 spiro atoms. The van der Waals surface area contributed by atoms with E-state index in [1.807, 2.05) is 50.2 Å². The SMILES string of the molecule is Cc1nn(-c2ccccc2)c(C)c1CNS(=O)(=O)N(C)CCC#N. The Kier molecular flexibility index (Phi) is 5.72. The zero-order valence-electron chi connectivity index (χ0n) is 14.0. The molecule has 0 aliphatic rings. The van der Waals surface area contributed by atoms with Crippen molar-refractivity contribution in [3.63, 3.8) is 0 Å². The van der Waals surface area contributed by atoms with Gasteiger partial charge in [-0.3, -0.25) is 0 Å². The predicted octanol–water partition coefficient (Wildman–Crippen LogP) is 1.67. The minimum absolute atomic E-state index is 0.154. The van der Waals surface area contributed by atoms with E-state index in [1.165, 1.54) is 7.05 Å². The lowest BCUT2D eigenvalue weighted by Crippen LogP contribution is -2.38. The van der Waals surface area contributed by atoms with Crippen molar-refractivity contribution in [2.75, 3.05) is 13.6 Å². The second-order valence-electron chi connectivity index (χ2n) is 5.45. The molecule has 1 heterocycles. The minimum Gasteiger partial charge on any atom is -0.238 e. The molecule has 0 amide bonds. The first kappa shape index (κ1) is 18.1. The predicted molar refractivity (Wildman–Crippen MR) is 91.7 cm³/mol. The number of nitriles is 1. The summed E-state index contributed by atoms with van der Waals surface area (Å²) >= 11 is 0. The van der Waals surface area contributed by atoms with E-state index in [-0.39, 0.29) is 19.5 Å². The van der Waals surface area contributed by atoms with Crippen molar-refractivity contribution < 1.29 is 8.42 Å². The van der Waals surface area contributed by atoms with Crippen molar-refractivity contribution in [2.45, 2.75) is 26.8 Å². The topological polar surface area (TPSA) is 91.0 Å². The molecule has 7 nitrogen and oxygen atoms in total. The van der Waals surface area contributed by atoms with Crippen LogP contribution in [-0.4, -0.2) is 36.1 Å². The zero-order chi connectivity index (χ0) is 17.7. The molecule has 1 aromatic carbocycles. The number of aromatic nitrogens is 2. The van der Waals surface area contributed by atoms with Gasteiger partial charge in [0.05, 0.1) is 17.5 Å². The van der Waals surface area contributed by atoms with Gasteiger partial charge in [0.2, 0.25) is 0 Å². The van der Waals surface area contributed by atoms with E-state index in [0.717, 1.165) is 26.9 Å². The molecule has 1 N–H and O–H groups in total. The molecule has 0 aliphatic carbocycles. The Bertz CT molecular complexity index is 837. The first-order valence-electron chi connectivity index (χ1n) is 7.55. The van der Waals surface area contributed by atoms with Gasteiger partial charge in [0.1, 0.15) is 0 Å². The largest absolute Gasteiger partial charge is 0.279 e. The molecule has 8 heteroatoms. The Morgan fingerprint density at radius 3 is 2.58 bits per heavy atom. The summed E-state index contributed by atoms with van der Waals surface area (Å²) in [6.07, 6.45) is 0.154. The van der Waals surface area contributed by atoms with E-state index >= 15 is 0 Å². The van der Waals surface area contributed by atoms with Crippen molar-refractivity contribution >= 4 is 10.2 Å². The lowest BCUT2D eigenvalue weighted by molar-refractivity contribution is 0.464. The summed E-state index contributed by atoms with van der Waals surface area (Å²) in [4.78, 5) is 0. The molecule has 0 saturated heterocycles. The third kappa shape index (κ3) is 4.00. The van der Waals surface area contributed by atoms with Gasteiger partial charge >= 0.3 is 0 Å². The number of aryl methyl sites for hydroxylation is 1. The average Bonchev–Trinajstić information content (AvgIpc) is 2.86. The van der Waals surface area contributed by atoms with E-state index in [1.54, 1.807) is 4.68 Å². The fraction of sp³-hybridized carbons (Fsp3) is 0.375. The van der Waals surface area contributed by atoms with Crippen molar-refractivity contribution in [1.29, 1.82) is 5.26 Å². The van der Waals surface area contributed by atoms with Crippen LogP contribution >= 0.6 is 0 Å². The lowest BCUT2D eigenvalue weighted by Gasteiger charge is -2.16. The van der Waals surface area contributed by atoms with Gasteiger partial charge in [0.25, 0.3) is 10.2 Å². The van der Waals surface area contributed by atoms with Crippen molar-refractivity contribution in [2.24, 2.45) is 0 Å². The maximum Gasteiger partial charge on any atom is 0.279 e. The highest BCUT2D eigenvalue weighted by Gasteiger charge is 2.19. The Morgan fingerprint density at radius 1 is 1.29 bits per heavy atom. The van der Waals surface area contributed by atoms with Crippen LogP contribution in [0.2, 0.25) is 0 Å². The first-order chi connectivity index (χ1) is 11.4. The number of hydrogen-bond donors (Lipinski definition) is 1. The molecular formula is C16H21N5O2S.